The Morgan fingerprint density at radius 1 is 1.11 bits per heavy atom. The summed E-state index contributed by atoms with van der Waals surface area (Å²) in [7, 11) is 0. The largest absolute Gasteiger partial charge is 0.345 e. The molecule has 5 nitrogen and oxygen atoms in total. The first-order valence-electron chi connectivity index (χ1n) is 8.63. The highest BCUT2D eigenvalue weighted by molar-refractivity contribution is 7.22. The van der Waals surface area contributed by atoms with Gasteiger partial charge in [-0.05, 0) is 36.8 Å². The summed E-state index contributed by atoms with van der Waals surface area (Å²) in [6, 6.07) is 9.16. The minimum atomic E-state index is -0.785. The molecule has 0 unspecified atom stereocenters. The fraction of sp³-hybridized carbons (Fsp3) is 0.263. The number of urea groups is 1. The lowest BCUT2D eigenvalue weighted by Gasteiger charge is -2.34. The fourth-order valence-corrected chi connectivity index (χ4v) is 4.17. The van der Waals surface area contributed by atoms with Gasteiger partial charge >= 0.3 is 6.03 Å². The number of anilines is 2. The molecule has 3 aromatic rings. The first kappa shape index (κ1) is 17.7. The van der Waals surface area contributed by atoms with Crippen LogP contribution < -0.4 is 10.2 Å². The highest BCUT2D eigenvalue weighted by atomic mass is 32.1. The number of nitrogens with zero attached hydrogens (tertiary/aromatic N) is 3. The summed E-state index contributed by atoms with van der Waals surface area (Å²) in [6.45, 7) is 4.19. The number of carbonyl (C=O) groups is 1. The van der Waals surface area contributed by atoms with E-state index in [1.807, 2.05) is 12.1 Å². The molecule has 0 radical (unpaired) electrons. The number of benzene rings is 2. The van der Waals surface area contributed by atoms with Gasteiger partial charge in [0.05, 0.1) is 10.2 Å². The third-order valence-electron chi connectivity index (χ3n) is 4.56. The molecule has 0 saturated carbocycles. The molecule has 1 aliphatic rings. The van der Waals surface area contributed by atoms with Crippen molar-refractivity contribution in [3.63, 3.8) is 0 Å². The Hall–Kier alpha value is -2.74. The average molecular weight is 388 g/mol. The van der Waals surface area contributed by atoms with Crippen LogP contribution in [0.1, 0.15) is 5.56 Å². The fourth-order valence-electron chi connectivity index (χ4n) is 3.06. The molecule has 1 fully saturated rings. The van der Waals surface area contributed by atoms with Crippen molar-refractivity contribution in [2.45, 2.75) is 6.92 Å². The maximum absolute atomic E-state index is 13.7. The summed E-state index contributed by atoms with van der Waals surface area (Å²) >= 11 is 1.63. The zero-order chi connectivity index (χ0) is 19.0. The second kappa shape index (κ2) is 7.11. The van der Waals surface area contributed by atoms with Crippen LogP contribution in [0.3, 0.4) is 0 Å². The van der Waals surface area contributed by atoms with Gasteiger partial charge in [0.1, 0.15) is 17.3 Å². The van der Waals surface area contributed by atoms with Crippen molar-refractivity contribution in [1.29, 1.82) is 0 Å². The van der Waals surface area contributed by atoms with Crippen LogP contribution in [0.4, 0.5) is 24.4 Å². The van der Waals surface area contributed by atoms with E-state index in [0.29, 0.717) is 26.2 Å². The van der Waals surface area contributed by atoms with Crippen molar-refractivity contribution >= 4 is 38.4 Å². The van der Waals surface area contributed by atoms with Crippen LogP contribution in [0, 0.1) is 18.6 Å². The first-order valence-corrected chi connectivity index (χ1v) is 9.45. The smallest absolute Gasteiger partial charge is 0.322 e. The normalized spacial score (nSPS) is 14.6. The molecule has 140 valence electrons. The molecule has 1 N–H and O–H groups in total. The van der Waals surface area contributed by atoms with Crippen LogP contribution in [0.5, 0.6) is 0 Å². The minimum Gasteiger partial charge on any atom is -0.345 e. The Morgan fingerprint density at radius 2 is 1.81 bits per heavy atom. The number of hydrogen-bond acceptors (Lipinski definition) is 4. The molecule has 1 aromatic heterocycles. The molecular weight excluding hydrogens is 370 g/mol. The molecule has 2 amide bonds. The molecule has 0 atom stereocenters. The zero-order valence-electron chi connectivity index (χ0n) is 14.7. The molecule has 0 aliphatic carbocycles. The maximum atomic E-state index is 13.7. The van der Waals surface area contributed by atoms with Crippen molar-refractivity contribution in [2.75, 3.05) is 36.4 Å². The van der Waals surface area contributed by atoms with Gasteiger partial charge < -0.3 is 15.1 Å². The molecule has 2 heterocycles. The Labute approximate surface area is 159 Å². The predicted molar refractivity (Wildman–Crippen MR) is 104 cm³/mol. The van der Waals surface area contributed by atoms with E-state index in [1.165, 1.54) is 11.6 Å². The van der Waals surface area contributed by atoms with Crippen molar-refractivity contribution in [3.05, 3.63) is 53.6 Å². The third kappa shape index (κ3) is 3.57. The number of thiazole rings is 1. The SMILES string of the molecule is Cc1ccc2nc(N3CCN(C(=O)Nc4c(F)cccc4F)CC3)sc2c1. The van der Waals surface area contributed by atoms with E-state index in [2.05, 4.69) is 28.2 Å². The van der Waals surface area contributed by atoms with E-state index >= 15 is 0 Å². The number of piperazine rings is 1. The molecular formula is C19H18F2N4OS. The molecule has 4 rings (SSSR count). The summed E-state index contributed by atoms with van der Waals surface area (Å²) in [4.78, 5) is 20.7. The summed E-state index contributed by atoms with van der Waals surface area (Å²) in [6.07, 6.45) is 0. The number of para-hydroxylation sites is 1. The topological polar surface area (TPSA) is 48.5 Å². The highest BCUT2D eigenvalue weighted by Gasteiger charge is 2.24. The van der Waals surface area contributed by atoms with Crippen LogP contribution in [-0.2, 0) is 0 Å². The van der Waals surface area contributed by atoms with Gasteiger partial charge in [-0.15, -0.1) is 0 Å². The highest BCUT2D eigenvalue weighted by Crippen LogP contribution is 2.30. The van der Waals surface area contributed by atoms with Crippen LogP contribution in [0.25, 0.3) is 10.2 Å². The number of nitrogens with one attached hydrogen (secondary N) is 1. The molecule has 0 spiro atoms. The van der Waals surface area contributed by atoms with Crippen LogP contribution in [0.15, 0.2) is 36.4 Å². The van der Waals surface area contributed by atoms with Crippen molar-refractivity contribution < 1.29 is 13.6 Å². The van der Waals surface area contributed by atoms with E-state index in [1.54, 1.807) is 16.2 Å². The van der Waals surface area contributed by atoms with E-state index in [0.717, 1.165) is 27.5 Å². The summed E-state index contributed by atoms with van der Waals surface area (Å²) < 4.78 is 28.5. The van der Waals surface area contributed by atoms with Crippen LogP contribution in [0.2, 0.25) is 0 Å². The van der Waals surface area contributed by atoms with E-state index in [9.17, 15) is 13.6 Å². The predicted octanol–water partition coefficient (Wildman–Crippen LogP) is 4.24. The van der Waals surface area contributed by atoms with Crippen molar-refractivity contribution in [3.8, 4) is 0 Å². The quantitative estimate of drug-likeness (QED) is 0.715. The molecule has 8 heteroatoms. The van der Waals surface area contributed by atoms with Gasteiger partial charge in [-0.3, -0.25) is 0 Å². The van der Waals surface area contributed by atoms with Gasteiger partial charge in [0, 0.05) is 26.2 Å². The molecule has 27 heavy (non-hydrogen) atoms. The maximum Gasteiger partial charge on any atom is 0.322 e. The number of aryl methyl sites for hydroxylation is 1. The summed E-state index contributed by atoms with van der Waals surface area (Å²) in [5, 5.41) is 3.26. The number of aromatic nitrogens is 1. The van der Waals surface area contributed by atoms with E-state index < -0.39 is 23.4 Å². The number of hydrogen-bond donors (Lipinski definition) is 1. The zero-order valence-corrected chi connectivity index (χ0v) is 15.5. The average Bonchev–Trinajstić information content (AvgIpc) is 3.08. The number of amides is 2. The van der Waals surface area contributed by atoms with E-state index in [4.69, 9.17) is 0 Å². The minimum absolute atomic E-state index is 0.411. The number of halogens is 2. The van der Waals surface area contributed by atoms with Gasteiger partial charge in [-0.25, -0.2) is 18.6 Å². The monoisotopic (exact) mass is 388 g/mol. The van der Waals surface area contributed by atoms with Gasteiger partial charge in [0.15, 0.2) is 5.13 Å². The number of rotatable bonds is 2. The van der Waals surface area contributed by atoms with Crippen molar-refractivity contribution in [2.24, 2.45) is 0 Å². The lowest BCUT2D eigenvalue weighted by molar-refractivity contribution is 0.208. The van der Waals surface area contributed by atoms with Gasteiger partial charge in [0.2, 0.25) is 0 Å². The molecule has 1 saturated heterocycles. The molecule has 0 bridgehead atoms. The van der Waals surface area contributed by atoms with Gasteiger partial charge in [-0.1, -0.05) is 23.5 Å². The Balaban J connectivity index is 1.41. The van der Waals surface area contributed by atoms with Gasteiger partial charge in [0.25, 0.3) is 0 Å². The Kier molecular flexibility index (Phi) is 4.65. The van der Waals surface area contributed by atoms with Crippen LogP contribution >= 0.6 is 11.3 Å². The lowest BCUT2D eigenvalue weighted by Crippen LogP contribution is -2.50. The second-order valence-electron chi connectivity index (χ2n) is 6.47. The Morgan fingerprint density at radius 3 is 2.52 bits per heavy atom. The van der Waals surface area contributed by atoms with Crippen molar-refractivity contribution in [1.82, 2.24) is 9.88 Å². The molecule has 1 aliphatic heterocycles. The second-order valence-corrected chi connectivity index (χ2v) is 7.48. The Bertz CT molecular complexity index is 978. The van der Waals surface area contributed by atoms with Gasteiger partial charge in [-0.2, -0.15) is 0 Å². The van der Waals surface area contributed by atoms with Crippen LogP contribution in [-0.4, -0.2) is 42.1 Å². The third-order valence-corrected chi connectivity index (χ3v) is 5.64. The van der Waals surface area contributed by atoms with E-state index in [-0.39, 0.29) is 0 Å². The molecule has 2 aromatic carbocycles. The number of fused-ring (bicyclic) bond motifs is 1. The standard InChI is InChI=1S/C19H18F2N4OS/c1-12-5-6-15-16(11-12)27-19(22-15)25-9-7-24(8-10-25)18(26)23-17-13(20)3-2-4-14(17)21/h2-6,11H,7-10H2,1H3,(H,23,26). The summed E-state index contributed by atoms with van der Waals surface area (Å²) in [5.41, 5.74) is 1.75. The first-order chi connectivity index (χ1) is 13.0. The summed E-state index contributed by atoms with van der Waals surface area (Å²) in [5.74, 6) is -1.57. The number of carbonyl (C=O) groups excluding carboxylic acids is 1. The lowest BCUT2D eigenvalue weighted by atomic mass is 10.2.